The van der Waals surface area contributed by atoms with Crippen molar-refractivity contribution in [2.75, 3.05) is 26.1 Å². The summed E-state index contributed by atoms with van der Waals surface area (Å²) < 4.78 is 36.1. The number of rotatable bonds is 10. The van der Waals surface area contributed by atoms with Crippen molar-refractivity contribution in [3.05, 3.63) is 106 Å². The minimum Gasteiger partial charge on any atom is -0.465 e. The van der Waals surface area contributed by atoms with E-state index in [2.05, 4.69) is 9.30 Å². The van der Waals surface area contributed by atoms with Gasteiger partial charge in [0.15, 0.2) is 0 Å². The molecule has 4 aromatic rings. The normalized spacial score (nSPS) is 11.4. The third-order valence-electron chi connectivity index (χ3n) is 5.78. The average molecular weight is 548 g/mol. The fourth-order valence-corrected chi connectivity index (χ4v) is 5.86. The summed E-state index contributed by atoms with van der Waals surface area (Å²) >= 11 is 1.46. The summed E-state index contributed by atoms with van der Waals surface area (Å²) in [5, 5.41) is 3.79. The van der Waals surface area contributed by atoms with Gasteiger partial charge in [0, 0.05) is 38.4 Å². The lowest BCUT2D eigenvalue weighted by Gasteiger charge is -2.29. The van der Waals surface area contributed by atoms with Gasteiger partial charge in [-0.1, -0.05) is 60.7 Å². The van der Waals surface area contributed by atoms with Crippen LogP contribution in [-0.2, 0) is 27.8 Å². The third kappa shape index (κ3) is 6.48. The molecule has 38 heavy (non-hydrogen) atoms. The van der Waals surface area contributed by atoms with Gasteiger partial charge >= 0.3 is 5.97 Å². The first kappa shape index (κ1) is 27.1. The van der Waals surface area contributed by atoms with E-state index in [1.165, 1.54) is 30.9 Å². The van der Waals surface area contributed by atoms with Gasteiger partial charge < -0.3 is 14.5 Å². The van der Waals surface area contributed by atoms with Crippen molar-refractivity contribution in [2.45, 2.75) is 18.0 Å². The van der Waals surface area contributed by atoms with Gasteiger partial charge in [-0.2, -0.15) is 19.8 Å². The summed E-state index contributed by atoms with van der Waals surface area (Å²) in [6.45, 7) is 0.968. The molecule has 0 saturated heterocycles. The van der Waals surface area contributed by atoms with Gasteiger partial charge in [-0.05, 0) is 45.6 Å². The molecule has 0 N–H and O–H groups in total. The van der Waals surface area contributed by atoms with Crippen LogP contribution in [0.25, 0.3) is 11.1 Å². The smallest absolute Gasteiger partial charge is 0.337 e. The van der Waals surface area contributed by atoms with Gasteiger partial charge in [0.05, 0.1) is 12.7 Å². The molecule has 0 aliphatic carbocycles. The van der Waals surface area contributed by atoms with Crippen LogP contribution in [0.1, 0.15) is 21.5 Å². The van der Waals surface area contributed by atoms with Crippen molar-refractivity contribution in [1.82, 2.24) is 4.90 Å². The number of hydrogen-bond acceptors (Lipinski definition) is 6. The minimum absolute atomic E-state index is 0.0574. The number of thiophene rings is 1. The quantitative estimate of drug-likeness (QED) is 0.144. The molecule has 1 heterocycles. The van der Waals surface area contributed by atoms with Crippen molar-refractivity contribution in [3.8, 4) is 11.1 Å². The molecule has 0 atom stereocenters. The molecule has 0 unspecified atom stereocenters. The van der Waals surface area contributed by atoms with Gasteiger partial charge in [-0.25, -0.2) is 4.79 Å². The Balaban J connectivity index is 2.01. The number of anilines is 1. The van der Waals surface area contributed by atoms with E-state index >= 15 is 0 Å². The highest BCUT2D eigenvalue weighted by atomic mass is 32.2. The maximum absolute atomic E-state index is 13.6. The lowest BCUT2D eigenvalue weighted by molar-refractivity contribution is 0.0600. The Morgan fingerprint density at radius 3 is 2.05 bits per heavy atom. The van der Waals surface area contributed by atoms with Crippen molar-refractivity contribution < 1.29 is 17.9 Å². The topological polar surface area (TPSA) is 79.3 Å². The Morgan fingerprint density at radius 1 is 0.947 bits per heavy atom. The van der Waals surface area contributed by atoms with Gasteiger partial charge in [-0.15, -0.1) is 4.40 Å². The number of esters is 1. The predicted molar refractivity (Wildman–Crippen MR) is 153 cm³/mol. The largest absolute Gasteiger partial charge is 0.465 e. The van der Waals surface area contributed by atoms with Crippen molar-refractivity contribution in [3.63, 3.8) is 0 Å². The molecule has 0 aliphatic rings. The van der Waals surface area contributed by atoms with E-state index in [1.54, 1.807) is 25.1 Å². The number of carbonyl (C=O) groups is 1. The van der Waals surface area contributed by atoms with Gasteiger partial charge in [-0.3, -0.25) is 0 Å². The molecule has 7 nitrogen and oxygen atoms in total. The number of ether oxygens (including phenoxy) is 1. The van der Waals surface area contributed by atoms with Gasteiger partial charge in [0.1, 0.15) is 11.2 Å². The molecule has 0 radical (unpaired) electrons. The van der Waals surface area contributed by atoms with Crippen molar-refractivity contribution in [1.29, 1.82) is 0 Å². The Kier molecular flexibility index (Phi) is 8.60. The standard InChI is InChI=1S/C29H29N3O4S2/c1-31(2)21-30-38(34,35)27-17-25(29(33)36-3)16-26(28(27)24-14-15-37-20-24)32(18-22-10-6-4-7-11-22)19-23-12-8-5-9-13-23/h4-17,20-21H,18-19H2,1-3H3. The Morgan fingerprint density at radius 2 is 1.55 bits per heavy atom. The van der Waals surface area contributed by atoms with Crippen molar-refractivity contribution >= 4 is 39.4 Å². The second-order valence-corrected chi connectivity index (χ2v) is 11.2. The molecular weight excluding hydrogens is 518 g/mol. The van der Waals surface area contributed by atoms with E-state index in [-0.39, 0.29) is 10.5 Å². The highest BCUT2D eigenvalue weighted by Crippen LogP contribution is 2.41. The summed E-state index contributed by atoms with van der Waals surface area (Å²) in [4.78, 5) is 16.3. The Hall–Kier alpha value is -3.95. The zero-order chi connectivity index (χ0) is 27.1. The minimum atomic E-state index is -4.18. The SMILES string of the molecule is COC(=O)c1cc(N(Cc2ccccc2)Cc2ccccc2)c(-c2ccsc2)c(S(=O)(=O)N=CN(C)C)c1. The molecule has 9 heteroatoms. The number of carbonyl (C=O) groups excluding carboxylic acids is 1. The molecule has 4 rings (SSSR count). The summed E-state index contributed by atoms with van der Waals surface area (Å²) in [5.74, 6) is -0.629. The summed E-state index contributed by atoms with van der Waals surface area (Å²) in [6, 6.07) is 24.8. The predicted octanol–water partition coefficient (Wildman–Crippen LogP) is 5.69. The van der Waals surface area contributed by atoms with Crippen LogP contribution in [0.5, 0.6) is 0 Å². The van der Waals surface area contributed by atoms with E-state index in [9.17, 15) is 13.2 Å². The fourth-order valence-electron chi connectivity index (χ4n) is 4.03. The first-order valence-electron chi connectivity index (χ1n) is 11.9. The van der Waals surface area contributed by atoms with E-state index in [1.807, 2.05) is 77.5 Å². The molecule has 0 saturated carbocycles. The highest BCUT2D eigenvalue weighted by Gasteiger charge is 2.28. The van der Waals surface area contributed by atoms with Crippen LogP contribution in [0, 0.1) is 0 Å². The molecular formula is C29H29N3O4S2. The van der Waals surface area contributed by atoms with E-state index < -0.39 is 16.0 Å². The monoisotopic (exact) mass is 547 g/mol. The zero-order valence-electron chi connectivity index (χ0n) is 21.4. The number of nitrogens with zero attached hydrogens (tertiary/aromatic N) is 3. The summed E-state index contributed by atoms with van der Waals surface area (Å²) in [5.41, 5.74) is 4.02. The maximum Gasteiger partial charge on any atom is 0.337 e. The highest BCUT2D eigenvalue weighted by molar-refractivity contribution is 7.90. The lowest BCUT2D eigenvalue weighted by Crippen LogP contribution is -2.24. The molecule has 0 amide bonds. The van der Waals surface area contributed by atoms with E-state index in [0.717, 1.165) is 16.7 Å². The number of benzene rings is 3. The Labute approximate surface area is 227 Å². The number of hydrogen-bond donors (Lipinski definition) is 0. The molecule has 0 bridgehead atoms. The first-order chi connectivity index (χ1) is 18.3. The van der Waals surface area contributed by atoms with E-state index in [0.29, 0.717) is 24.3 Å². The molecule has 3 aromatic carbocycles. The molecule has 0 fully saturated rings. The Bertz CT molecular complexity index is 1460. The second-order valence-electron chi connectivity index (χ2n) is 8.86. The number of methoxy groups -OCH3 is 1. The van der Waals surface area contributed by atoms with Gasteiger partial charge in [0.25, 0.3) is 10.0 Å². The summed E-state index contributed by atoms with van der Waals surface area (Å²) in [7, 11) is 0.479. The molecule has 0 spiro atoms. The van der Waals surface area contributed by atoms with Crippen LogP contribution < -0.4 is 4.90 Å². The molecule has 196 valence electrons. The molecule has 0 aliphatic heterocycles. The maximum atomic E-state index is 13.6. The third-order valence-corrected chi connectivity index (χ3v) is 7.71. The average Bonchev–Trinajstić information content (AvgIpc) is 3.46. The van der Waals surface area contributed by atoms with Crippen LogP contribution in [0.2, 0.25) is 0 Å². The van der Waals surface area contributed by atoms with Crippen LogP contribution in [0.3, 0.4) is 0 Å². The van der Waals surface area contributed by atoms with Crippen LogP contribution in [0.4, 0.5) is 5.69 Å². The lowest BCUT2D eigenvalue weighted by atomic mass is 10.0. The van der Waals surface area contributed by atoms with Crippen LogP contribution in [-0.4, -0.2) is 46.8 Å². The fraction of sp³-hybridized carbons (Fsp3) is 0.172. The summed E-state index contributed by atoms with van der Waals surface area (Å²) in [6.07, 6.45) is 1.24. The van der Waals surface area contributed by atoms with Gasteiger partial charge in [0.2, 0.25) is 0 Å². The zero-order valence-corrected chi connectivity index (χ0v) is 23.1. The van der Waals surface area contributed by atoms with Crippen molar-refractivity contribution in [2.24, 2.45) is 4.40 Å². The van der Waals surface area contributed by atoms with Crippen LogP contribution in [0.15, 0.2) is 98.9 Å². The van der Waals surface area contributed by atoms with E-state index in [4.69, 9.17) is 4.74 Å². The van der Waals surface area contributed by atoms with Crippen LogP contribution >= 0.6 is 11.3 Å². The number of sulfonamides is 1. The first-order valence-corrected chi connectivity index (χ1v) is 14.3. The second kappa shape index (κ2) is 12.1. The molecule has 1 aromatic heterocycles.